The highest BCUT2D eigenvalue weighted by atomic mass is 19.4. The molecule has 3 rings (SSSR count). The van der Waals surface area contributed by atoms with Crippen molar-refractivity contribution in [1.29, 1.82) is 0 Å². The van der Waals surface area contributed by atoms with Gasteiger partial charge in [-0.25, -0.2) is 4.79 Å². The number of amides is 1. The van der Waals surface area contributed by atoms with Crippen LogP contribution in [-0.4, -0.2) is 32.2 Å². The Hall–Kier alpha value is -3.95. The molecule has 1 amide bonds. The number of carbonyl (C=O) groups excluding carboxylic acids is 2. The third-order valence-corrected chi connectivity index (χ3v) is 4.59. The van der Waals surface area contributed by atoms with Crippen LogP contribution < -0.4 is 14.8 Å². The van der Waals surface area contributed by atoms with Crippen LogP contribution in [0.4, 0.5) is 18.9 Å². The van der Waals surface area contributed by atoms with E-state index in [1.54, 1.807) is 18.2 Å². The maximum Gasteiger partial charge on any atom is 0.416 e. The van der Waals surface area contributed by atoms with Gasteiger partial charge in [0.25, 0.3) is 5.91 Å². The zero-order valence-electron chi connectivity index (χ0n) is 17.9. The van der Waals surface area contributed by atoms with Crippen molar-refractivity contribution >= 4 is 17.6 Å². The molecule has 0 spiro atoms. The van der Waals surface area contributed by atoms with E-state index in [2.05, 4.69) is 5.32 Å². The molecule has 0 radical (unpaired) electrons. The number of halogens is 3. The van der Waals surface area contributed by atoms with Gasteiger partial charge in [-0.05, 0) is 43.3 Å². The average molecular weight is 463 g/mol. The predicted octanol–water partition coefficient (Wildman–Crippen LogP) is 5.17. The molecule has 1 N–H and O–H groups in total. The molecule has 2 aromatic carbocycles. The average Bonchev–Trinajstić information content (AvgIpc) is 3.29. The monoisotopic (exact) mass is 463 g/mol. The number of ether oxygens (including phenoxy) is 3. The highest BCUT2D eigenvalue weighted by Gasteiger charge is 2.31. The first-order valence-electron chi connectivity index (χ1n) is 9.63. The van der Waals surface area contributed by atoms with Crippen LogP contribution >= 0.6 is 0 Å². The number of nitrogens with one attached hydrogen (secondary N) is 1. The Balaban J connectivity index is 1.66. The second-order valence-electron chi connectivity index (χ2n) is 6.85. The molecule has 0 aliphatic carbocycles. The maximum absolute atomic E-state index is 12.9. The van der Waals surface area contributed by atoms with Gasteiger partial charge in [-0.3, -0.25) is 4.79 Å². The molecule has 1 atom stereocenters. The van der Waals surface area contributed by atoms with Crippen molar-refractivity contribution in [2.24, 2.45) is 0 Å². The second kappa shape index (κ2) is 9.68. The fourth-order valence-electron chi connectivity index (χ4n) is 2.88. The number of carbonyl (C=O) groups is 2. The fourth-order valence-corrected chi connectivity index (χ4v) is 2.88. The molecule has 33 heavy (non-hydrogen) atoms. The second-order valence-corrected chi connectivity index (χ2v) is 6.85. The zero-order chi connectivity index (χ0) is 24.2. The SMILES string of the molecule is COc1ccc(NC(=O)C(C)OC(=O)c2ccc(-c3cccc(C(F)(F)F)c3)o2)cc1OC. The molecule has 1 heterocycles. The highest BCUT2D eigenvalue weighted by Crippen LogP contribution is 2.33. The van der Waals surface area contributed by atoms with Crippen LogP contribution in [0.1, 0.15) is 23.0 Å². The lowest BCUT2D eigenvalue weighted by Crippen LogP contribution is -2.29. The Kier molecular flexibility index (Phi) is 6.95. The molecule has 0 aliphatic rings. The van der Waals surface area contributed by atoms with Gasteiger partial charge >= 0.3 is 12.1 Å². The van der Waals surface area contributed by atoms with Crippen molar-refractivity contribution in [3.63, 3.8) is 0 Å². The minimum absolute atomic E-state index is 0.0514. The van der Waals surface area contributed by atoms with Gasteiger partial charge in [-0.2, -0.15) is 13.2 Å². The summed E-state index contributed by atoms with van der Waals surface area (Å²) in [6, 6.07) is 11.8. The third-order valence-electron chi connectivity index (χ3n) is 4.59. The molecular weight excluding hydrogens is 443 g/mol. The summed E-state index contributed by atoms with van der Waals surface area (Å²) in [6.45, 7) is 1.37. The van der Waals surface area contributed by atoms with Gasteiger partial charge in [0.1, 0.15) is 5.76 Å². The van der Waals surface area contributed by atoms with Gasteiger partial charge in [-0.15, -0.1) is 0 Å². The molecule has 0 bridgehead atoms. The van der Waals surface area contributed by atoms with Crippen molar-refractivity contribution in [2.45, 2.75) is 19.2 Å². The number of hydrogen-bond acceptors (Lipinski definition) is 6. The minimum atomic E-state index is -4.51. The molecule has 0 saturated carbocycles. The first-order valence-corrected chi connectivity index (χ1v) is 9.63. The molecule has 10 heteroatoms. The predicted molar refractivity (Wildman–Crippen MR) is 112 cm³/mol. The van der Waals surface area contributed by atoms with Gasteiger partial charge in [0.15, 0.2) is 17.6 Å². The van der Waals surface area contributed by atoms with E-state index in [0.717, 1.165) is 12.1 Å². The lowest BCUT2D eigenvalue weighted by molar-refractivity contribution is -0.137. The molecule has 0 aliphatic heterocycles. The molecule has 0 fully saturated rings. The zero-order valence-corrected chi connectivity index (χ0v) is 17.9. The standard InChI is InChI=1S/C23H20F3NO6/c1-13(21(28)27-16-7-8-18(30-2)20(12-16)31-3)32-22(29)19-10-9-17(33-19)14-5-4-6-15(11-14)23(24,25)26/h4-13H,1-3H3,(H,27,28). The van der Waals surface area contributed by atoms with E-state index in [0.29, 0.717) is 17.2 Å². The summed E-state index contributed by atoms with van der Waals surface area (Å²) in [6.07, 6.45) is -5.70. The Morgan fingerprint density at radius 2 is 1.70 bits per heavy atom. The number of rotatable bonds is 7. The van der Waals surface area contributed by atoms with Crippen LogP contribution in [0.15, 0.2) is 59.0 Å². The number of benzene rings is 2. The van der Waals surface area contributed by atoms with E-state index in [1.807, 2.05) is 0 Å². The molecular formula is C23H20F3NO6. The number of esters is 1. The van der Waals surface area contributed by atoms with Crippen molar-refractivity contribution in [2.75, 3.05) is 19.5 Å². The normalized spacial score (nSPS) is 12.1. The molecule has 1 unspecified atom stereocenters. The van der Waals surface area contributed by atoms with Gasteiger partial charge in [-0.1, -0.05) is 12.1 Å². The van der Waals surface area contributed by atoms with Crippen LogP contribution in [0.5, 0.6) is 11.5 Å². The smallest absolute Gasteiger partial charge is 0.416 e. The Bertz CT molecular complexity index is 1160. The molecule has 1 aromatic heterocycles. The van der Waals surface area contributed by atoms with Crippen molar-refractivity contribution < 1.29 is 41.4 Å². The van der Waals surface area contributed by atoms with Crippen molar-refractivity contribution in [1.82, 2.24) is 0 Å². The van der Waals surface area contributed by atoms with Crippen molar-refractivity contribution in [3.05, 3.63) is 65.9 Å². The van der Waals surface area contributed by atoms with Gasteiger partial charge < -0.3 is 23.9 Å². The number of alkyl halides is 3. The first-order chi connectivity index (χ1) is 15.6. The van der Waals surface area contributed by atoms with E-state index in [-0.39, 0.29) is 17.1 Å². The summed E-state index contributed by atoms with van der Waals surface area (Å²) in [7, 11) is 2.93. The lowest BCUT2D eigenvalue weighted by Gasteiger charge is -2.14. The summed E-state index contributed by atoms with van der Waals surface area (Å²) in [5.41, 5.74) is -0.311. The van der Waals surface area contributed by atoms with Crippen LogP contribution in [-0.2, 0) is 15.7 Å². The Morgan fingerprint density at radius 3 is 2.36 bits per heavy atom. The first kappa shape index (κ1) is 23.7. The Morgan fingerprint density at radius 1 is 0.970 bits per heavy atom. The molecule has 7 nitrogen and oxygen atoms in total. The quantitative estimate of drug-likeness (QED) is 0.487. The summed E-state index contributed by atoms with van der Waals surface area (Å²) in [5.74, 6) is -0.880. The van der Waals surface area contributed by atoms with E-state index >= 15 is 0 Å². The van der Waals surface area contributed by atoms with Gasteiger partial charge in [0.2, 0.25) is 5.76 Å². The van der Waals surface area contributed by atoms with E-state index in [9.17, 15) is 22.8 Å². The lowest BCUT2D eigenvalue weighted by atomic mass is 10.1. The van der Waals surface area contributed by atoms with Gasteiger partial charge in [0.05, 0.1) is 19.8 Å². The summed E-state index contributed by atoms with van der Waals surface area (Å²) in [5, 5.41) is 2.59. The van der Waals surface area contributed by atoms with Crippen LogP contribution in [0.3, 0.4) is 0 Å². The number of methoxy groups -OCH3 is 2. The van der Waals surface area contributed by atoms with E-state index < -0.39 is 29.7 Å². The summed E-state index contributed by atoms with van der Waals surface area (Å²) in [4.78, 5) is 24.7. The third kappa shape index (κ3) is 5.65. The minimum Gasteiger partial charge on any atom is -0.493 e. The maximum atomic E-state index is 12.9. The van der Waals surface area contributed by atoms with Crippen LogP contribution in [0.25, 0.3) is 11.3 Å². The van der Waals surface area contributed by atoms with E-state index in [4.69, 9.17) is 18.6 Å². The molecule has 174 valence electrons. The van der Waals surface area contributed by atoms with E-state index in [1.165, 1.54) is 45.4 Å². The molecule has 0 saturated heterocycles. The van der Waals surface area contributed by atoms with Gasteiger partial charge in [0, 0.05) is 17.3 Å². The van der Waals surface area contributed by atoms with Crippen LogP contribution in [0, 0.1) is 0 Å². The molecule has 3 aromatic rings. The summed E-state index contributed by atoms with van der Waals surface area (Å²) < 4.78 is 59.5. The number of hydrogen-bond donors (Lipinski definition) is 1. The number of furan rings is 1. The summed E-state index contributed by atoms with van der Waals surface area (Å²) >= 11 is 0. The van der Waals surface area contributed by atoms with Crippen molar-refractivity contribution in [3.8, 4) is 22.8 Å². The fraction of sp³-hybridized carbons (Fsp3) is 0.217. The number of anilines is 1. The highest BCUT2D eigenvalue weighted by molar-refractivity contribution is 5.97. The topological polar surface area (TPSA) is 87.0 Å². The van der Waals surface area contributed by atoms with Crippen LogP contribution in [0.2, 0.25) is 0 Å². The Labute approximate surface area is 187 Å². The largest absolute Gasteiger partial charge is 0.493 e.